The van der Waals surface area contributed by atoms with Crippen LogP contribution >= 0.6 is 0 Å². The van der Waals surface area contributed by atoms with Gasteiger partial charge < -0.3 is 27.7 Å². The molecule has 0 bridgehead atoms. The molecule has 0 aromatic heterocycles. The average molecular weight is 427 g/mol. The lowest BCUT2D eigenvalue weighted by Crippen LogP contribution is -2.32. The van der Waals surface area contributed by atoms with Gasteiger partial charge in [0.15, 0.2) is 0 Å². The number of hydrogen-bond donors (Lipinski definition) is 4. The lowest BCUT2D eigenvalue weighted by molar-refractivity contribution is -0.0339. The number of anilines is 2. The van der Waals surface area contributed by atoms with E-state index in [0.717, 1.165) is 62.7 Å². The zero-order valence-electron chi connectivity index (χ0n) is 19.3. The predicted octanol–water partition coefficient (Wildman–Crippen LogP) is 4.43. The van der Waals surface area contributed by atoms with Crippen LogP contribution < -0.4 is 22.9 Å². The normalized spacial score (nSPS) is 15.4. The molecule has 172 valence electrons. The fourth-order valence-corrected chi connectivity index (χ4v) is 4.15. The van der Waals surface area contributed by atoms with E-state index in [9.17, 15) is 0 Å². The molecule has 8 N–H and O–H groups in total. The van der Waals surface area contributed by atoms with E-state index in [-0.39, 0.29) is 24.3 Å². The van der Waals surface area contributed by atoms with Gasteiger partial charge in [-0.05, 0) is 101 Å². The highest BCUT2D eigenvalue weighted by Gasteiger charge is 2.19. The van der Waals surface area contributed by atoms with Crippen molar-refractivity contribution in [1.29, 1.82) is 0 Å². The predicted molar refractivity (Wildman–Crippen MR) is 133 cm³/mol. The molecular formula is C26H42N4O. The molecule has 5 nitrogen and oxygen atoms in total. The van der Waals surface area contributed by atoms with Gasteiger partial charge in [0.25, 0.3) is 0 Å². The van der Waals surface area contributed by atoms with Crippen LogP contribution in [0.1, 0.15) is 63.5 Å². The van der Waals surface area contributed by atoms with Crippen LogP contribution in [-0.2, 0) is 17.6 Å². The highest BCUT2D eigenvalue weighted by atomic mass is 16.5. The quantitative estimate of drug-likeness (QED) is 0.334. The molecule has 0 aliphatic rings. The molecule has 0 fully saturated rings. The summed E-state index contributed by atoms with van der Waals surface area (Å²) in [6, 6.07) is 16.5. The van der Waals surface area contributed by atoms with Crippen molar-refractivity contribution >= 4 is 11.4 Å². The molecule has 0 spiro atoms. The van der Waals surface area contributed by atoms with Gasteiger partial charge in [0.05, 0.1) is 12.2 Å². The maximum absolute atomic E-state index is 6.59. The van der Waals surface area contributed by atoms with Crippen molar-refractivity contribution in [3.63, 3.8) is 0 Å². The number of benzene rings is 2. The van der Waals surface area contributed by atoms with Crippen molar-refractivity contribution in [2.75, 3.05) is 11.5 Å². The molecule has 0 aliphatic carbocycles. The third kappa shape index (κ3) is 10.7. The SMILES string of the molecule is CC(N)CC(CCCc1cccc(N)c1)OC(CCCc1cccc(N)c1)CC(C)N. The zero-order chi connectivity index (χ0) is 22.6. The van der Waals surface area contributed by atoms with Crippen molar-refractivity contribution in [2.24, 2.45) is 11.5 Å². The van der Waals surface area contributed by atoms with Crippen molar-refractivity contribution in [3.05, 3.63) is 59.7 Å². The third-order valence-corrected chi connectivity index (χ3v) is 5.54. The Morgan fingerprint density at radius 1 is 0.710 bits per heavy atom. The van der Waals surface area contributed by atoms with Gasteiger partial charge in [-0.3, -0.25) is 0 Å². The van der Waals surface area contributed by atoms with Crippen LogP contribution in [0.4, 0.5) is 11.4 Å². The second-order valence-electron chi connectivity index (χ2n) is 9.08. The summed E-state index contributed by atoms with van der Waals surface area (Å²) in [7, 11) is 0. The van der Waals surface area contributed by atoms with Crippen LogP contribution in [0, 0.1) is 0 Å². The standard InChI is InChI=1S/C26H42N4O/c1-19(27)15-25(13-5-9-21-7-3-11-23(29)17-21)31-26(16-20(2)28)14-6-10-22-8-4-12-24(30)18-22/h3-4,7-8,11-12,17-20,25-26H,5-6,9-10,13-16,27-30H2,1-2H3. The summed E-state index contributed by atoms with van der Waals surface area (Å²) in [6.45, 7) is 4.10. The molecular weight excluding hydrogens is 384 g/mol. The lowest BCUT2D eigenvalue weighted by atomic mass is 9.99. The van der Waals surface area contributed by atoms with E-state index in [1.54, 1.807) is 0 Å². The topological polar surface area (TPSA) is 113 Å². The molecule has 2 rings (SSSR count). The Hall–Kier alpha value is -2.08. The van der Waals surface area contributed by atoms with Gasteiger partial charge in [-0.15, -0.1) is 0 Å². The molecule has 0 radical (unpaired) electrons. The van der Waals surface area contributed by atoms with E-state index in [2.05, 4.69) is 38.1 Å². The van der Waals surface area contributed by atoms with Crippen molar-refractivity contribution in [1.82, 2.24) is 0 Å². The summed E-state index contributed by atoms with van der Waals surface area (Å²) in [6.07, 6.45) is 8.10. The first kappa shape index (κ1) is 25.2. The maximum atomic E-state index is 6.59. The summed E-state index contributed by atoms with van der Waals surface area (Å²) in [5.74, 6) is 0. The Morgan fingerprint density at radius 2 is 1.13 bits per heavy atom. The second kappa shape index (κ2) is 13.4. The van der Waals surface area contributed by atoms with Crippen molar-refractivity contribution in [3.8, 4) is 0 Å². The molecule has 0 heterocycles. The summed E-state index contributed by atoms with van der Waals surface area (Å²) in [5, 5.41) is 0. The lowest BCUT2D eigenvalue weighted by Gasteiger charge is -2.27. The molecule has 4 atom stereocenters. The average Bonchev–Trinajstić information content (AvgIpc) is 2.67. The first-order valence-electron chi connectivity index (χ1n) is 11.7. The van der Waals surface area contributed by atoms with Gasteiger partial charge >= 0.3 is 0 Å². The number of ether oxygens (including phenoxy) is 1. The summed E-state index contributed by atoms with van der Waals surface area (Å²) < 4.78 is 6.59. The van der Waals surface area contributed by atoms with Crippen molar-refractivity contribution < 1.29 is 4.74 Å². The second-order valence-corrected chi connectivity index (χ2v) is 9.08. The molecule has 0 saturated carbocycles. The van der Waals surface area contributed by atoms with E-state index >= 15 is 0 Å². The Labute approximate surface area is 188 Å². The largest absolute Gasteiger partial charge is 0.399 e. The van der Waals surface area contributed by atoms with Crippen LogP contribution in [-0.4, -0.2) is 24.3 Å². The minimum Gasteiger partial charge on any atom is -0.399 e. The Kier molecular flexibility index (Phi) is 10.9. The van der Waals surface area contributed by atoms with Gasteiger partial charge in [0.1, 0.15) is 0 Å². The van der Waals surface area contributed by atoms with Gasteiger partial charge in [-0.1, -0.05) is 24.3 Å². The van der Waals surface area contributed by atoms with Gasteiger partial charge in [0, 0.05) is 23.5 Å². The maximum Gasteiger partial charge on any atom is 0.0593 e. The van der Waals surface area contributed by atoms with Gasteiger partial charge in [-0.2, -0.15) is 0 Å². The number of nitrogens with two attached hydrogens (primary N) is 4. The smallest absolute Gasteiger partial charge is 0.0593 e. The zero-order valence-corrected chi connectivity index (χ0v) is 19.3. The number of hydrogen-bond acceptors (Lipinski definition) is 5. The van der Waals surface area contributed by atoms with Crippen LogP contribution in [0.5, 0.6) is 0 Å². The van der Waals surface area contributed by atoms with E-state index in [0.29, 0.717) is 0 Å². The molecule has 2 aromatic carbocycles. The fraction of sp³-hybridized carbons (Fsp3) is 0.538. The van der Waals surface area contributed by atoms with Crippen LogP contribution in [0.2, 0.25) is 0 Å². The van der Waals surface area contributed by atoms with E-state index in [1.165, 1.54) is 11.1 Å². The molecule has 0 amide bonds. The highest BCUT2D eigenvalue weighted by Crippen LogP contribution is 2.21. The van der Waals surface area contributed by atoms with E-state index in [4.69, 9.17) is 27.7 Å². The summed E-state index contributed by atoms with van der Waals surface area (Å²) in [5.41, 5.74) is 28.2. The minimum atomic E-state index is 0.112. The Balaban J connectivity index is 1.89. The minimum absolute atomic E-state index is 0.112. The van der Waals surface area contributed by atoms with Crippen molar-refractivity contribution in [2.45, 2.75) is 89.5 Å². The molecule has 4 unspecified atom stereocenters. The Bertz CT molecular complexity index is 699. The van der Waals surface area contributed by atoms with Gasteiger partial charge in [-0.25, -0.2) is 0 Å². The molecule has 0 aliphatic heterocycles. The molecule has 0 saturated heterocycles. The molecule has 5 heteroatoms. The highest BCUT2D eigenvalue weighted by molar-refractivity contribution is 5.41. The van der Waals surface area contributed by atoms with Crippen LogP contribution in [0.3, 0.4) is 0 Å². The summed E-state index contributed by atoms with van der Waals surface area (Å²) in [4.78, 5) is 0. The molecule has 2 aromatic rings. The summed E-state index contributed by atoms with van der Waals surface area (Å²) >= 11 is 0. The first-order chi connectivity index (χ1) is 14.8. The molecule has 31 heavy (non-hydrogen) atoms. The van der Waals surface area contributed by atoms with E-state index in [1.807, 2.05) is 24.3 Å². The van der Waals surface area contributed by atoms with Gasteiger partial charge in [0.2, 0.25) is 0 Å². The number of rotatable bonds is 14. The number of aryl methyl sites for hydroxylation is 2. The van der Waals surface area contributed by atoms with Crippen LogP contribution in [0.15, 0.2) is 48.5 Å². The first-order valence-corrected chi connectivity index (χ1v) is 11.7. The Morgan fingerprint density at radius 3 is 1.48 bits per heavy atom. The van der Waals surface area contributed by atoms with E-state index < -0.39 is 0 Å². The fourth-order valence-electron chi connectivity index (χ4n) is 4.15. The number of nitrogen functional groups attached to an aromatic ring is 2. The van der Waals surface area contributed by atoms with Crippen LogP contribution in [0.25, 0.3) is 0 Å². The monoisotopic (exact) mass is 426 g/mol. The third-order valence-electron chi connectivity index (χ3n) is 5.54.